The van der Waals surface area contributed by atoms with Crippen LogP contribution in [0.15, 0.2) is 24.3 Å². The monoisotopic (exact) mass is 203 g/mol. The summed E-state index contributed by atoms with van der Waals surface area (Å²) in [7, 11) is 0. The van der Waals surface area contributed by atoms with Crippen molar-refractivity contribution < 1.29 is 0 Å². The summed E-state index contributed by atoms with van der Waals surface area (Å²) in [5.41, 5.74) is 8.99. The molecular weight excluding hydrogens is 182 g/mol. The van der Waals surface area contributed by atoms with E-state index < -0.39 is 0 Å². The zero-order valence-electron chi connectivity index (χ0n) is 9.96. The van der Waals surface area contributed by atoms with Gasteiger partial charge < -0.3 is 5.73 Å². The molecule has 1 heteroatoms. The second-order valence-corrected chi connectivity index (χ2v) is 5.68. The maximum absolute atomic E-state index is 5.72. The molecule has 82 valence electrons. The summed E-state index contributed by atoms with van der Waals surface area (Å²) in [5, 5.41) is 0. The minimum atomic E-state index is 0.248. The van der Waals surface area contributed by atoms with Gasteiger partial charge in [-0.2, -0.15) is 0 Å². The molecule has 1 fully saturated rings. The highest BCUT2D eigenvalue weighted by atomic mass is 14.6. The van der Waals surface area contributed by atoms with Crippen molar-refractivity contribution in [3.8, 4) is 0 Å². The lowest BCUT2D eigenvalue weighted by atomic mass is 9.82. The van der Waals surface area contributed by atoms with Crippen LogP contribution in [0.1, 0.15) is 44.2 Å². The van der Waals surface area contributed by atoms with Gasteiger partial charge in [0.05, 0.1) is 0 Å². The third kappa shape index (κ3) is 2.07. The van der Waals surface area contributed by atoms with Crippen LogP contribution in [-0.4, -0.2) is 6.54 Å². The molecule has 1 aliphatic rings. The van der Waals surface area contributed by atoms with Crippen molar-refractivity contribution in [2.75, 3.05) is 6.54 Å². The molecule has 1 aromatic rings. The van der Waals surface area contributed by atoms with Crippen molar-refractivity contribution >= 4 is 0 Å². The first-order valence-electron chi connectivity index (χ1n) is 5.83. The third-order valence-corrected chi connectivity index (χ3v) is 3.39. The second kappa shape index (κ2) is 3.64. The first-order chi connectivity index (χ1) is 7.04. The van der Waals surface area contributed by atoms with Gasteiger partial charge in [-0.05, 0) is 41.3 Å². The molecule has 0 heterocycles. The van der Waals surface area contributed by atoms with Crippen LogP contribution in [0.4, 0.5) is 0 Å². The molecule has 15 heavy (non-hydrogen) atoms. The van der Waals surface area contributed by atoms with E-state index >= 15 is 0 Å². The number of rotatable bonds is 2. The van der Waals surface area contributed by atoms with E-state index in [1.54, 1.807) is 0 Å². The normalized spacial score (nSPS) is 25.3. The molecule has 1 aromatic carbocycles. The Hall–Kier alpha value is -0.820. The summed E-state index contributed by atoms with van der Waals surface area (Å²) < 4.78 is 0. The molecule has 0 bridgehead atoms. The van der Waals surface area contributed by atoms with E-state index in [9.17, 15) is 0 Å². The van der Waals surface area contributed by atoms with Crippen molar-refractivity contribution in [1.29, 1.82) is 0 Å². The summed E-state index contributed by atoms with van der Waals surface area (Å²) in [6.45, 7) is 7.69. The van der Waals surface area contributed by atoms with Gasteiger partial charge in [-0.25, -0.2) is 0 Å². The average Bonchev–Trinajstić information content (AvgIpc) is 2.95. The van der Waals surface area contributed by atoms with Crippen LogP contribution in [0.3, 0.4) is 0 Å². The van der Waals surface area contributed by atoms with E-state index in [1.807, 2.05) is 0 Å². The van der Waals surface area contributed by atoms with Crippen LogP contribution in [-0.2, 0) is 5.41 Å². The summed E-state index contributed by atoms with van der Waals surface area (Å²) in [4.78, 5) is 0. The fourth-order valence-electron chi connectivity index (χ4n) is 2.39. The molecule has 2 rings (SSSR count). The first kappa shape index (κ1) is 10.7. The Balaban J connectivity index is 2.32. The summed E-state index contributed by atoms with van der Waals surface area (Å²) >= 11 is 0. The third-order valence-electron chi connectivity index (χ3n) is 3.39. The largest absolute Gasteiger partial charge is 0.330 e. The number of nitrogens with two attached hydrogens (primary N) is 1. The SMILES string of the molecule is CC(C)(C)c1ccccc1C1CC1CN. The van der Waals surface area contributed by atoms with E-state index in [2.05, 4.69) is 45.0 Å². The van der Waals surface area contributed by atoms with Crippen molar-refractivity contribution in [2.45, 2.75) is 38.5 Å². The Labute approximate surface area is 92.7 Å². The summed E-state index contributed by atoms with van der Waals surface area (Å²) in [6, 6.07) is 8.84. The molecule has 0 amide bonds. The maximum Gasteiger partial charge on any atom is -0.00428 e. The molecule has 0 aliphatic heterocycles. The smallest absolute Gasteiger partial charge is 0.00428 e. The Bertz CT molecular complexity index is 349. The minimum absolute atomic E-state index is 0.248. The van der Waals surface area contributed by atoms with E-state index in [0.717, 1.165) is 18.4 Å². The quantitative estimate of drug-likeness (QED) is 0.785. The Morgan fingerprint density at radius 1 is 1.27 bits per heavy atom. The Kier molecular flexibility index (Phi) is 2.59. The summed E-state index contributed by atoms with van der Waals surface area (Å²) in [5.74, 6) is 1.46. The van der Waals surface area contributed by atoms with E-state index in [-0.39, 0.29) is 5.41 Å². The molecule has 1 aliphatic carbocycles. The fourth-order valence-corrected chi connectivity index (χ4v) is 2.39. The van der Waals surface area contributed by atoms with E-state index in [0.29, 0.717) is 0 Å². The van der Waals surface area contributed by atoms with Gasteiger partial charge in [0.1, 0.15) is 0 Å². The number of hydrogen-bond donors (Lipinski definition) is 1. The van der Waals surface area contributed by atoms with Crippen LogP contribution >= 0.6 is 0 Å². The highest BCUT2D eigenvalue weighted by Gasteiger charge is 2.39. The first-order valence-corrected chi connectivity index (χ1v) is 5.83. The van der Waals surface area contributed by atoms with Gasteiger partial charge in [-0.3, -0.25) is 0 Å². The highest BCUT2D eigenvalue weighted by molar-refractivity contribution is 5.38. The number of hydrogen-bond acceptors (Lipinski definition) is 1. The molecule has 0 aromatic heterocycles. The Morgan fingerprint density at radius 2 is 1.93 bits per heavy atom. The van der Waals surface area contributed by atoms with Gasteiger partial charge >= 0.3 is 0 Å². The molecule has 0 radical (unpaired) electrons. The lowest BCUT2D eigenvalue weighted by molar-refractivity contribution is 0.581. The van der Waals surface area contributed by atoms with Crippen LogP contribution in [0.5, 0.6) is 0 Å². The lowest BCUT2D eigenvalue weighted by Crippen LogP contribution is -2.14. The molecular formula is C14H21N. The van der Waals surface area contributed by atoms with Crippen molar-refractivity contribution in [2.24, 2.45) is 11.7 Å². The molecule has 0 spiro atoms. The molecule has 2 N–H and O–H groups in total. The van der Waals surface area contributed by atoms with E-state index in [4.69, 9.17) is 5.73 Å². The molecule has 1 saturated carbocycles. The van der Waals surface area contributed by atoms with Crippen molar-refractivity contribution in [1.82, 2.24) is 0 Å². The van der Waals surface area contributed by atoms with Gasteiger partial charge in [-0.15, -0.1) is 0 Å². The zero-order chi connectivity index (χ0) is 11.1. The zero-order valence-corrected chi connectivity index (χ0v) is 9.96. The topological polar surface area (TPSA) is 26.0 Å². The second-order valence-electron chi connectivity index (χ2n) is 5.68. The van der Waals surface area contributed by atoms with Crippen molar-refractivity contribution in [3.05, 3.63) is 35.4 Å². The fraction of sp³-hybridized carbons (Fsp3) is 0.571. The maximum atomic E-state index is 5.72. The van der Waals surface area contributed by atoms with Crippen molar-refractivity contribution in [3.63, 3.8) is 0 Å². The van der Waals surface area contributed by atoms with Crippen LogP contribution < -0.4 is 5.73 Å². The molecule has 1 nitrogen and oxygen atoms in total. The Morgan fingerprint density at radius 3 is 2.47 bits per heavy atom. The van der Waals surface area contributed by atoms with Gasteiger partial charge in [0.25, 0.3) is 0 Å². The van der Waals surface area contributed by atoms with Crippen LogP contribution in [0.2, 0.25) is 0 Å². The number of benzene rings is 1. The molecule has 2 atom stereocenters. The molecule has 2 unspecified atom stereocenters. The molecule has 0 saturated heterocycles. The predicted molar refractivity (Wildman–Crippen MR) is 65.0 cm³/mol. The van der Waals surface area contributed by atoms with Crippen LogP contribution in [0, 0.1) is 5.92 Å². The average molecular weight is 203 g/mol. The van der Waals surface area contributed by atoms with Gasteiger partial charge in [0.15, 0.2) is 0 Å². The van der Waals surface area contributed by atoms with Gasteiger partial charge in [-0.1, -0.05) is 45.0 Å². The van der Waals surface area contributed by atoms with Crippen LogP contribution in [0.25, 0.3) is 0 Å². The van der Waals surface area contributed by atoms with Gasteiger partial charge in [0.2, 0.25) is 0 Å². The van der Waals surface area contributed by atoms with Gasteiger partial charge in [0, 0.05) is 0 Å². The van der Waals surface area contributed by atoms with E-state index in [1.165, 1.54) is 17.5 Å². The minimum Gasteiger partial charge on any atom is -0.330 e. The predicted octanol–water partition coefficient (Wildman–Crippen LogP) is 3.05. The lowest BCUT2D eigenvalue weighted by Gasteiger charge is -2.23. The standard InChI is InChI=1S/C14H21N/c1-14(2,3)13-7-5-4-6-11(13)12-8-10(12)9-15/h4-7,10,12H,8-9,15H2,1-3H3. The summed E-state index contributed by atoms with van der Waals surface area (Å²) in [6.07, 6.45) is 1.28. The highest BCUT2D eigenvalue weighted by Crippen LogP contribution is 2.49.